The Morgan fingerprint density at radius 2 is 2.07 bits per heavy atom. The maximum atomic E-state index is 13.1. The largest absolute Gasteiger partial charge is 0.381 e. The van der Waals surface area contributed by atoms with Crippen LogP contribution in [0.2, 0.25) is 5.02 Å². The number of halogens is 3. The minimum atomic E-state index is -0.950. The fraction of sp³-hybridized carbons (Fsp3) is 0.333. The summed E-state index contributed by atoms with van der Waals surface area (Å²) < 4.78 is 25.9. The molecule has 3 N–H and O–H groups in total. The third-order valence-corrected chi connectivity index (χ3v) is 2.04. The molecule has 0 heterocycles. The van der Waals surface area contributed by atoms with Crippen molar-refractivity contribution in [3.05, 3.63) is 28.8 Å². The number of nitrogens with one attached hydrogen (secondary N) is 1. The monoisotopic (exact) mass is 220 g/mol. The molecule has 0 amide bonds. The lowest BCUT2D eigenvalue weighted by Crippen LogP contribution is -2.10. The van der Waals surface area contributed by atoms with Crippen LogP contribution >= 0.6 is 11.6 Å². The lowest BCUT2D eigenvalue weighted by atomic mass is 10.3. The Morgan fingerprint density at radius 3 is 2.71 bits per heavy atom. The minimum absolute atomic E-state index is 0.000108. The molecule has 0 unspecified atom stereocenters. The predicted octanol–water partition coefficient (Wildman–Crippen LogP) is 2.38. The van der Waals surface area contributed by atoms with Gasteiger partial charge in [0.2, 0.25) is 0 Å². The number of benzene rings is 1. The van der Waals surface area contributed by atoms with E-state index >= 15 is 0 Å². The van der Waals surface area contributed by atoms with Crippen LogP contribution in [0.25, 0.3) is 0 Å². The summed E-state index contributed by atoms with van der Waals surface area (Å²) in [7, 11) is 0. The summed E-state index contributed by atoms with van der Waals surface area (Å²) in [5.74, 6) is -1.86. The topological polar surface area (TPSA) is 38.0 Å². The van der Waals surface area contributed by atoms with Crippen LogP contribution < -0.4 is 11.1 Å². The van der Waals surface area contributed by atoms with Crippen LogP contribution in [0.4, 0.5) is 14.5 Å². The zero-order chi connectivity index (χ0) is 10.6. The lowest BCUT2D eigenvalue weighted by Gasteiger charge is -2.08. The van der Waals surface area contributed by atoms with Crippen molar-refractivity contribution in [3.63, 3.8) is 0 Å². The molecule has 78 valence electrons. The second-order valence-electron chi connectivity index (χ2n) is 2.79. The van der Waals surface area contributed by atoms with Crippen molar-refractivity contribution in [2.24, 2.45) is 5.73 Å². The van der Waals surface area contributed by atoms with Crippen LogP contribution in [0.5, 0.6) is 0 Å². The molecule has 1 rings (SSSR count). The Bertz CT molecular complexity index is 318. The van der Waals surface area contributed by atoms with Gasteiger partial charge in [0.1, 0.15) is 0 Å². The van der Waals surface area contributed by atoms with E-state index in [2.05, 4.69) is 5.32 Å². The van der Waals surface area contributed by atoms with Crippen LogP contribution in [0.15, 0.2) is 12.1 Å². The fourth-order valence-corrected chi connectivity index (χ4v) is 1.22. The smallest absolute Gasteiger partial charge is 0.183 e. The SMILES string of the molecule is NCCCNc1c(Cl)ccc(F)c1F. The van der Waals surface area contributed by atoms with Crippen LogP contribution in [0, 0.1) is 11.6 Å². The van der Waals surface area contributed by atoms with Gasteiger partial charge in [-0.15, -0.1) is 0 Å². The van der Waals surface area contributed by atoms with Gasteiger partial charge in [-0.1, -0.05) is 11.6 Å². The number of rotatable bonds is 4. The molecule has 0 atom stereocenters. The molecule has 0 aliphatic carbocycles. The van der Waals surface area contributed by atoms with Crippen molar-refractivity contribution in [1.82, 2.24) is 0 Å². The Kier molecular flexibility index (Phi) is 4.10. The Morgan fingerprint density at radius 1 is 1.36 bits per heavy atom. The van der Waals surface area contributed by atoms with E-state index in [0.717, 1.165) is 6.07 Å². The summed E-state index contributed by atoms with van der Waals surface area (Å²) in [6.07, 6.45) is 0.673. The van der Waals surface area contributed by atoms with Crippen LogP contribution in [0.1, 0.15) is 6.42 Å². The molecule has 0 saturated carbocycles. The van der Waals surface area contributed by atoms with E-state index in [0.29, 0.717) is 19.5 Å². The average molecular weight is 221 g/mol. The van der Waals surface area contributed by atoms with Crippen LogP contribution in [0.3, 0.4) is 0 Å². The summed E-state index contributed by atoms with van der Waals surface area (Å²) >= 11 is 5.68. The molecule has 5 heteroatoms. The highest BCUT2D eigenvalue weighted by atomic mass is 35.5. The highest BCUT2D eigenvalue weighted by molar-refractivity contribution is 6.33. The first-order valence-electron chi connectivity index (χ1n) is 4.24. The summed E-state index contributed by atoms with van der Waals surface area (Å²) in [6.45, 7) is 0.956. The average Bonchev–Trinajstić information content (AvgIpc) is 2.18. The molecule has 0 bridgehead atoms. The molecule has 1 aromatic carbocycles. The quantitative estimate of drug-likeness (QED) is 0.604. The van der Waals surface area contributed by atoms with E-state index in [1.54, 1.807) is 0 Å². The van der Waals surface area contributed by atoms with Crippen molar-refractivity contribution in [2.45, 2.75) is 6.42 Å². The molecular weight excluding hydrogens is 210 g/mol. The van der Waals surface area contributed by atoms with Gasteiger partial charge in [-0.2, -0.15) is 0 Å². The second-order valence-corrected chi connectivity index (χ2v) is 3.19. The molecule has 0 aliphatic rings. The van der Waals surface area contributed by atoms with E-state index in [-0.39, 0.29) is 10.7 Å². The number of nitrogens with two attached hydrogens (primary N) is 1. The van der Waals surface area contributed by atoms with E-state index in [1.807, 2.05) is 0 Å². The highest BCUT2D eigenvalue weighted by Crippen LogP contribution is 2.26. The van der Waals surface area contributed by atoms with Gasteiger partial charge in [0.15, 0.2) is 11.6 Å². The van der Waals surface area contributed by atoms with Gasteiger partial charge in [0, 0.05) is 6.54 Å². The number of hydrogen-bond acceptors (Lipinski definition) is 2. The fourth-order valence-electron chi connectivity index (χ4n) is 1.00. The van der Waals surface area contributed by atoms with Gasteiger partial charge in [0.05, 0.1) is 10.7 Å². The highest BCUT2D eigenvalue weighted by Gasteiger charge is 2.11. The van der Waals surface area contributed by atoms with Crippen molar-refractivity contribution < 1.29 is 8.78 Å². The molecule has 0 fully saturated rings. The molecular formula is C9H11ClF2N2. The summed E-state index contributed by atoms with van der Waals surface area (Å²) in [5, 5.41) is 2.86. The van der Waals surface area contributed by atoms with E-state index < -0.39 is 11.6 Å². The van der Waals surface area contributed by atoms with Crippen molar-refractivity contribution >= 4 is 17.3 Å². The van der Waals surface area contributed by atoms with Gasteiger partial charge in [-0.05, 0) is 25.1 Å². The standard InChI is InChI=1S/C9H11ClF2N2/c10-6-2-3-7(11)8(12)9(6)14-5-1-4-13/h2-3,14H,1,4-5,13H2. The van der Waals surface area contributed by atoms with E-state index in [1.165, 1.54) is 6.07 Å². The Labute approximate surface area is 86.1 Å². The first-order chi connectivity index (χ1) is 6.66. The summed E-state index contributed by atoms with van der Waals surface area (Å²) in [5.41, 5.74) is 5.26. The third kappa shape index (κ3) is 2.56. The lowest BCUT2D eigenvalue weighted by molar-refractivity contribution is 0.511. The first kappa shape index (κ1) is 11.2. The van der Waals surface area contributed by atoms with E-state index in [4.69, 9.17) is 17.3 Å². The first-order valence-corrected chi connectivity index (χ1v) is 4.62. The Balaban J connectivity index is 2.79. The van der Waals surface area contributed by atoms with Crippen LogP contribution in [-0.4, -0.2) is 13.1 Å². The number of hydrogen-bond donors (Lipinski definition) is 2. The summed E-state index contributed by atoms with van der Waals surface area (Å²) in [4.78, 5) is 0. The van der Waals surface area contributed by atoms with Gasteiger partial charge >= 0.3 is 0 Å². The van der Waals surface area contributed by atoms with Gasteiger partial charge in [-0.3, -0.25) is 0 Å². The molecule has 0 aromatic heterocycles. The second kappa shape index (κ2) is 5.12. The predicted molar refractivity (Wildman–Crippen MR) is 53.5 cm³/mol. The van der Waals surface area contributed by atoms with Crippen molar-refractivity contribution in [2.75, 3.05) is 18.4 Å². The maximum absolute atomic E-state index is 13.1. The molecule has 2 nitrogen and oxygen atoms in total. The molecule has 0 spiro atoms. The van der Waals surface area contributed by atoms with Gasteiger partial charge in [-0.25, -0.2) is 8.78 Å². The zero-order valence-corrected chi connectivity index (χ0v) is 8.24. The maximum Gasteiger partial charge on any atom is 0.183 e. The number of anilines is 1. The zero-order valence-electron chi connectivity index (χ0n) is 7.49. The molecule has 0 aliphatic heterocycles. The van der Waals surface area contributed by atoms with E-state index in [9.17, 15) is 8.78 Å². The normalized spacial score (nSPS) is 10.3. The van der Waals surface area contributed by atoms with Gasteiger partial charge in [0.25, 0.3) is 0 Å². The molecule has 0 saturated heterocycles. The summed E-state index contributed by atoms with van der Waals surface area (Å²) in [6, 6.07) is 2.30. The minimum Gasteiger partial charge on any atom is -0.381 e. The van der Waals surface area contributed by atoms with Crippen LogP contribution in [-0.2, 0) is 0 Å². The molecule has 1 aromatic rings. The molecule has 14 heavy (non-hydrogen) atoms. The van der Waals surface area contributed by atoms with Gasteiger partial charge < -0.3 is 11.1 Å². The third-order valence-electron chi connectivity index (χ3n) is 1.73. The van der Waals surface area contributed by atoms with Crippen molar-refractivity contribution in [1.29, 1.82) is 0 Å². The van der Waals surface area contributed by atoms with Crippen molar-refractivity contribution in [3.8, 4) is 0 Å². The molecule has 0 radical (unpaired) electrons. The Hall–Kier alpha value is -0.870.